The minimum Gasteiger partial charge on any atom is -0.440 e. The lowest BCUT2D eigenvalue weighted by Crippen LogP contribution is -2.61. The van der Waals surface area contributed by atoms with Crippen molar-refractivity contribution in [2.75, 3.05) is 14.7 Å². The number of nitrogens with zero attached hydrogens (tertiary/aromatic N) is 3. The summed E-state index contributed by atoms with van der Waals surface area (Å²) in [5.41, 5.74) is 22.6. The van der Waals surface area contributed by atoms with Crippen LogP contribution in [0.15, 0.2) is 180 Å². The molecule has 358 valence electrons. The van der Waals surface area contributed by atoms with E-state index >= 15 is 0 Å². The Morgan fingerprint density at radius 2 is 1.06 bits per heavy atom. The third-order valence-electron chi connectivity index (χ3n) is 16.3. The van der Waals surface area contributed by atoms with Crippen molar-refractivity contribution in [3.05, 3.63) is 204 Å². The van der Waals surface area contributed by atoms with E-state index in [4.69, 9.17) is 4.42 Å². The molecule has 1 aliphatic carbocycles. The molecule has 4 nitrogen and oxygen atoms in total. The number of furan rings is 1. The van der Waals surface area contributed by atoms with Crippen molar-refractivity contribution < 1.29 is 4.42 Å². The molecule has 0 unspecified atom stereocenters. The summed E-state index contributed by atoms with van der Waals surface area (Å²) in [5.74, 6) is 0.870. The summed E-state index contributed by atoms with van der Waals surface area (Å²) in [6, 6.07) is 66.1. The molecule has 0 spiro atoms. The highest BCUT2D eigenvalue weighted by Gasteiger charge is 2.49. The predicted octanol–water partition coefficient (Wildman–Crippen LogP) is 16.9. The molecule has 3 heterocycles. The van der Waals surface area contributed by atoms with Crippen LogP contribution in [-0.2, 0) is 21.7 Å². The first-order valence-electron chi connectivity index (χ1n) is 26.1. The minimum absolute atomic E-state index is 0.000564. The van der Waals surface area contributed by atoms with Gasteiger partial charge in [-0.15, -0.1) is 0 Å². The second-order valence-corrected chi connectivity index (χ2v) is 24.2. The van der Waals surface area contributed by atoms with Gasteiger partial charge in [0.15, 0.2) is 0 Å². The van der Waals surface area contributed by atoms with Gasteiger partial charge >= 0.3 is 0 Å². The summed E-state index contributed by atoms with van der Waals surface area (Å²) in [5, 5.41) is 1.16. The van der Waals surface area contributed by atoms with Gasteiger partial charge in [-0.05, 0) is 159 Å². The highest BCUT2D eigenvalue weighted by molar-refractivity contribution is 7.01. The number of hydrogen-bond donors (Lipinski definition) is 0. The summed E-state index contributed by atoms with van der Waals surface area (Å²) in [7, 11) is 0. The van der Waals surface area contributed by atoms with Crippen LogP contribution in [0.1, 0.15) is 110 Å². The molecule has 9 aromatic rings. The van der Waals surface area contributed by atoms with Crippen molar-refractivity contribution in [1.29, 1.82) is 0 Å². The molecule has 72 heavy (non-hydrogen) atoms. The van der Waals surface area contributed by atoms with Gasteiger partial charge in [0, 0.05) is 50.5 Å². The van der Waals surface area contributed by atoms with Crippen LogP contribution in [0.3, 0.4) is 0 Å². The van der Waals surface area contributed by atoms with Gasteiger partial charge in [-0.2, -0.15) is 0 Å². The van der Waals surface area contributed by atoms with Gasteiger partial charge in [0.05, 0.1) is 11.4 Å². The van der Waals surface area contributed by atoms with Gasteiger partial charge in [0.2, 0.25) is 5.88 Å². The van der Waals surface area contributed by atoms with Crippen LogP contribution in [0.25, 0.3) is 22.1 Å². The fourth-order valence-electron chi connectivity index (χ4n) is 12.1. The van der Waals surface area contributed by atoms with Crippen LogP contribution >= 0.6 is 0 Å². The minimum atomic E-state index is -0.138. The lowest BCUT2D eigenvalue weighted by Gasteiger charge is -2.47. The SMILES string of the molecule is Cc1ccc2oc3c(c2c1)B1c2cc4c(cc2N(c2ccc(C(C)(C)C)cc2)c2cc(N(c5ccccc5)c5ccccc5)cc(c21)N3c1ccc(C(C)(C)C)cc1-c1ccccc1)C(C)(C)CCC4(C)C. The molecule has 0 fully saturated rings. The summed E-state index contributed by atoms with van der Waals surface area (Å²) in [4.78, 5) is 7.53. The van der Waals surface area contributed by atoms with Crippen LogP contribution < -0.4 is 31.1 Å². The van der Waals surface area contributed by atoms with E-state index in [2.05, 4.69) is 267 Å². The van der Waals surface area contributed by atoms with E-state index in [0.29, 0.717) is 0 Å². The Balaban J connectivity index is 1.27. The number of para-hydroxylation sites is 2. The maximum absolute atomic E-state index is 7.48. The third-order valence-corrected chi connectivity index (χ3v) is 16.3. The standard InChI is InChI=1S/C67H66BN3O/c1-43-27-34-60-52(37-43)61-63(72-60)71(56-33-30-46(65(5,6)7)38-51(56)44-21-15-12-16-22-44)59-40-50(69(47-23-17-13-18-24-47)48-25-19-14-20-26-48)39-58-62(59)68(61)55-41-53-54(67(10,11)36-35-66(53,8)9)42-57(55)70(58)49-31-28-45(29-32-49)64(2,3)4/h12-34,37-42H,35-36H2,1-11H3. The Labute approximate surface area is 428 Å². The zero-order valence-corrected chi connectivity index (χ0v) is 44.0. The fourth-order valence-corrected chi connectivity index (χ4v) is 12.1. The van der Waals surface area contributed by atoms with Crippen LogP contribution in [-0.4, -0.2) is 6.71 Å². The Kier molecular flexibility index (Phi) is 10.4. The molecule has 0 saturated heterocycles. The first kappa shape index (κ1) is 45.9. The molecular formula is C67H66BN3O. The number of anilines is 9. The number of benzene rings is 8. The van der Waals surface area contributed by atoms with Crippen LogP contribution in [0.2, 0.25) is 0 Å². The normalized spacial score (nSPS) is 15.5. The Morgan fingerprint density at radius 1 is 0.500 bits per heavy atom. The number of rotatable bonds is 6. The van der Waals surface area contributed by atoms with E-state index < -0.39 is 0 Å². The zero-order chi connectivity index (χ0) is 50.1. The molecule has 0 saturated carbocycles. The van der Waals surface area contributed by atoms with Crippen molar-refractivity contribution in [3.63, 3.8) is 0 Å². The number of aryl methyl sites for hydroxylation is 1. The second kappa shape index (κ2) is 16.4. The molecule has 12 rings (SSSR count). The maximum Gasteiger partial charge on any atom is 0.257 e. The molecule has 5 heteroatoms. The summed E-state index contributed by atoms with van der Waals surface area (Å²) in [6.07, 6.45) is 2.26. The molecule has 8 aromatic carbocycles. The lowest BCUT2D eigenvalue weighted by atomic mass is 9.33. The van der Waals surface area contributed by atoms with Gasteiger partial charge in [-0.25, -0.2) is 0 Å². The van der Waals surface area contributed by atoms with Gasteiger partial charge < -0.3 is 14.2 Å². The van der Waals surface area contributed by atoms with Gasteiger partial charge in [-0.3, -0.25) is 4.90 Å². The fraction of sp³-hybridized carbons (Fsp3) is 0.254. The Hall–Kier alpha value is -7.24. The van der Waals surface area contributed by atoms with E-state index in [1.54, 1.807) is 0 Å². The van der Waals surface area contributed by atoms with E-state index in [9.17, 15) is 0 Å². The molecule has 0 amide bonds. The van der Waals surface area contributed by atoms with Crippen molar-refractivity contribution in [2.24, 2.45) is 0 Å². The van der Waals surface area contributed by atoms with Gasteiger partial charge in [-0.1, -0.05) is 172 Å². The Bertz CT molecular complexity index is 3520. The van der Waals surface area contributed by atoms with Crippen LogP contribution in [0.5, 0.6) is 0 Å². The largest absolute Gasteiger partial charge is 0.440 e. The van der Waals surface area contributed by atoms with Crippen LogP contribution in [0.4, 0.5) is 51.4 Å². The summed E-state index contributed by atoms with van der Waals surface area (Å²) >= 11 is 0. The molecular weight excluding hydrogens is 874 g/mol. The Morgan fingerprint density at radius 3 is 1.65 bits per heavy atom. The number of hydrogen-bond acceptors (Lipinski definition) is 4. The highest BCUT2D eigenvalue weighted by atomic mass is 16.4. The van der Waals surface area contributed by atoms with E-state index in [1.165, 1.54) is 55.6 Å². The average molecular weight is 940 g/mol. The number of fused-ring (bicyclic) bond motifs is 7. The molecule has 0 atom stereocenters. The van der Waals surface area contributed by atoms with Crippen molar-refractivity contribution in [1.82, 2.24) is 0 Å². The topological polar surface area (TPSA) is 22.9 Å². The first-order chi connectivity index (χ1) is 34.4. The van der Waals surface area contributed by atoms with Crippen molar-refractivity contribution in [2.45, 2.75) is 111 Å². The zero-order valence-electron chi connectivity index (χ0n) is 44.0. The highest BCUT2D eigenvalue weighted by Crippen LogP contribution is 2.54. The molecule has 1 aromatic heterocycles. The molecule has 0 radical (unpaired) electrons. The molecule has 0 bridgehead atoms. The summed E-state index contributed by atoms with van der Waals surface area (Å²) < 4.78 is 7.48. The molecule has 0 N–H and O–H groups in total. The van der Waals surface area contributed by atoms with Crippen molar-refractivity contribution >= 4 is 85.5 Å². The molecule has 2 aliphatic heterocycles. The smallest absolute Gasteiger partial charge is 0.257 e. The van der Waals surface area contributed by atoms with Crippen LogP contribution in [0, 0.1) is 6.92 Å². The van der Waals surface area contributed by atoms with E-state index in [1.807, 2.05) is 0 Å². The van der Waals surface area contributed by atoms with E-state index in [-0.39, 0.29) is 28.4 Å². The summed E-state index contributed by atoms with van der Waals surface area (Å²) in [6.45, 7) is 25.8. The van der Waals surface area contributed by atoms with E-state index in [0.717, 1.165) is 74.9 Å². The monoisotopic (exact) mass is 940 g/mol. The predicted molar refractivity (Wildman–Crippen MR) is 308 cm³/mol. The van der Waals surface area contributed by atoms with Crippen molar-refractivity contribution in [3.8, 4) is 11.1 Å². The van der Waals surface area contributed by atoms with Gasteiger partial charge in [0.1, 0.15) is 5.58 Å². The quantitative estimate of drug-likeness (QED) is 0.155. The third kappa shape index (κ3) is 7.41. The van der Waals surface area contributed by atoms with Gasteiger partial charge in [0.25, 0.3) is 6.71 Å². The average Bonchev–Trinajstić information content (AvgIpc) is 3.73. The molecule has 3 aliphatic rings. The first-order valence-corrected chi connectivity index (χ1v) is 26.1. The maximum atomic E-state index is 7.48. The second-order valence-electron chi connectivity index (χ2n) is 24.2. The lowest BCUT2D eigenvalue weighted by molar-refractivity contribution is 0.332.